The van der Waals surface area contributed by atoms with Gasteiger partial charge in [0.1, 0.15) is 6.04 Å². The summed E-state index contributed by atoms with van der Waals surface area (Å²) in [7, 11) is 0. The minimum Gasteiger partial charge on any atom is -0.343 e. The molecule has 0 radical (unpaired) electrons. The lowest BCUT2D eigenvalue weighted by molar-refractivity contribution is -0.145. The molecule has 1 aliphatic rings. The van der Waals surface area contributed by atoms with Crippen molar-refractivity contribution in [1.82, 2.24) is 10.2 Å². The number of amides is 2. The number of carbonyl (C=O) groups excluding carboxylic acids is 2. The number of halogens is 2. The number of carbonyl (C=O) groups is 2. The highest BCUT2D eigenvalue weighted by atomic mass is 19.1. The van der Waals surface area contributed by atoms with E-state index >= 15 is 0 Å². The minimum absolute atomic E-state index is 0.0868. The third kappa shape index (κ3) is 16.8. The number of rotatable bonds is 8. The number of nitrogens with zero attached hydrogens (tertiary/aromatic N) is 1. The zero-order valence-corrected chi connectivity index (χ0v) is 19.7. The fraction of sp³-hybridized carbons (Fsp3) is 0.520. The summed E-state index contributed by atoms with van der Waals surface area (Å²) in [5, 5.41) is 2.71. The first kappa shape index (κ1) is 30.5. The molecule has 6 heteroatoms. The maximum atomic E-state index is 12.9. The minimum atomic E-state index is -0.575. The normalized spacial score (nSPS) is 18.7. The molecular formula is C25H38F2N2O2. The smallest absolute Gasteiger partial charge is 0.245 e. The number of allylic oxidation sites excluding steroid dienone is 6. The van der Waals surface area contributed by atoms with E-state index in [0.717, 1.165) is 6.42 Å². The van der Waals surface area contributed by atoms with Crippen molar-refractivity contribution in [1.29, 1.82) is 0 Å². The maximum Gasteiger partial charge on any atom is 0.245 e. The van der Waals surface area contributed by atoms with E-state index in [0.29, 0.717) is 19.3 Å². The van der Waals surface area contributed by atoms with Crippen LogP contribution in [0.25, 0.3) is 0 Å². The van der Waals surface area contributed by atoms with Crippen LogP contribution in [-0.4, -0.2) is 35.8 Å². The summed E-state index contributed by atoms with van der Waals surface area (Å²) in [6, 6.07) is -0.575. The number of hydrogen-bond acceptors (Lipinski definition) is 2. The molecule has 1 rings (SSSR count). The summed E-state index contributed by atoms with van der Waals surface area (Å²) in [6.07, 6.45) is 17.1. The summed E-state index contributed by atoms with van der Waals surface area (Å²) in [5.74, 6) is 1.78. The molecule has 1 fully saturated rings. The topological polar surface area (TPSA) is 49.4 Å². The van der Waals surface area contributed by atoms with Crippen molar-refractivity contribution >= 4 is 11.8 Å². The van der Waals surface area contributed by atoms with Crippen molar-refractivity contribution in [2.24, 2.45) is 11.8 Å². The van der Waals surface area contributed by atoms with E-state index in [1.54, 1.807) is 11.8 Å². The van der Waals surface area contributed by atoms with E-state index in [1.807, 2.05) is 52.0 Å². The standard InChI is InChI=1S/C18H27FN2O2.C4H7F.C3H4/c1-5-6-7-8-13(2)11-21-12-17(22)20-16(18(21)23)10-14(3)9-15(4)19;1-2-3-4-5;1-3-2/h5-9,13-14,16H,10-12H2,1-4H3,(H,20,22);3-4H,2H2,1H3;1H,2H3/b6-5-,8-7-,15-9+;4-3+;/t13?,14?,16-;;/m1../s1. The van der Waals surface area contributed by atoms with Crippen LogP contribution in [0.4, 0.5) is 8.78 Å². The Bertz CT molecular complexity index is 671. The molecule has 0 bridgehead atoms. The molecule has 0 spiro atoms. The summed E-state index contributed by atoms with van der Waals surface area (Å²) >= 11 is 0. The number of terminal acetylenes is 1. The van der Waals surface area contributed by atoms with E-state index in [4.69, 9.17) is 0 Å². The lowest BCUT2D eigenvalue weighted by Gasteiger charge is -2.34. The van der Waals surface area contributed by atoms with Gasteiger partial charge >= 0.3 is 0 Å². The molecule has 2 unspecified atom stereocenters. The SMILES string of the molecule is C#CC.C/C=C\C=C/C(C)CN1CC(=O)N[C@H](CC(C)/C=C(\C)F)C1=O.CC/C=C/F. The molecular weight excluding hydrogens is 398 g/mol. The van der Waals surface area contributed by atoms with Gasteiger partial charge in [0.15, 0.2) is 0 Å². The molecule has 1 aliphatic heterocycles. The molecule has 2 amide bonds. The maximum absolute atomic E-state index is 12.9. The van der Waals surface area contributed by atoms with Crippen molar-refractivity contribution in [2.75, 3.05) is 13.1 Å². The predicted molar refractivity (Wildman–Crippen MR) is 125 cm³/mol. The van der Waals surface area contributed by atoms with Crippen LogP contribution in [0.2, 0.25) is 0 Å². The van der Waals surface area contributed by atoms with Crippen LogP contribution in [0, 0.1) is 24.2 Å². The Kier molecular flexibility index (Phi) is 19.0. The van der Waals surface area contributed by atoms with E-state index in [9.17, 15) is 18.4 Å². The van der Waals surface area contributed by atoms with Crippen molar-refractivity contribution < 1.29 is 18.4 Å². The zero-order valence-electron chi connectivity index (χ0n) is 19.7. The molecule has 0 aliphatic carbocycles. The molecule has 0 saturated carbocycles. The van der Waals surface area contributed by atoms with E-state index < -0.39 is 6.04 Å². The van der Waals surface area contributed by atoms with Crippen LogP contribution in [0.1, 0.15) is 54.4 Å². The van der Waals surface area contributed by atoms with Crippen LogP contribution in [-0.2, 0) is 9.59 Å². The van der Waals surface area contributed by atoms with Crippen molar-refractivity contribution in [3.63, 3.8) is 0 Å². The molecule has 1 heterocycles. The highest BCUT2D eigenvalue weighted by Gasteiger charge is 2.33. The van der Waals surface area contributed by atoms with Gasteiger partial charge in [0, 0.05) is 6.54 Å². The molecule has 1 saturated heterocycles. The van der Waals surface area contributed by atoms with Crippen molar-refractivity contribution in [2.45, 2.75) is 60.4 Å². The Hall–Kier alpha value is -2.68. The van der Waals surface area contributed by atoms with Gasteiger partial charge in [0.05, 0.1) is 18.7 Å². The summed E-state index contributed by atoms with van der Waals surface area (Å²) < 4.78 is 23.8. The van der Waals surface area contributed by atoms with Crippen LogP contribution in [0.3, 0.4) is 0 Å². The first-order chi connectivity index (χ1) is 14.7. The van der Waals surface area contributed by atoms with E-state index in [-0.39, 0.29) is 36.0 Å². The molecule has 31 heavy (non-hydrogen) atoms. The highest BCUT2D eigenvalue weighted by molar-refractivity contribution is 5.94. The Morgan fingerprint density at radius 3 is 2.39 bits per heavy atom. The quantitative estimate of drug-likeness (QED) is 0.403. The van der Waals surface area contributed by atoms with Gasteiger partial charge in [0.25, 0.3) is 0 Å². The Morgan fingerprint density at radius 1 is 1.32 bits per heavy atom. The van der Waals surface area contributed by atoms with E-state index in [2.05, 4.69) is 17.7 Å². The largest absolute Gasteiger partial charge is 0.343 e. The fourth-order valence-electron chi connectivity index (χ4n) is 2.78. The fourth-order valence-corrected chi connectivity index (χ4v) is 2.78. The summed E-state index contributed by atoms with van der Waals surface area (Å²) in [4.78, 5) is 26.0. The van der Waals surface area contributed by atoms with Crippen LogP contribution < -0.4 is 5.32 Å². The molecule has 4 nitrogen and oxygen atoms in total. The Balaban J connectivity index is 0. The number of piperazine rings is 1. The lowest BCUT2D eigenvalue weighted by atomic mass is 9.98. The molecule has 0 aromatic rings. The Labute approximate surface area is 187 Å². The second-order valence-electron chi connectivity index (χ2n) is 7.25. The average Bonchev–Trinajstić information content (AvgIpc) is 2.67. The Morgan fingerprint density at radius 2 is 1.94 bits per heavy atom. The van der Waals surface area contributed by atoms with Crippen LogP contribution in [0.15, 0.2) is 48.6 Å². The number of hydrogen-bond donors (Lipinski definition) is 1. The zero-order chi connectivity index (χ0) is 24.2. The molecule has 0 aromatic carbocycles. The highest BCUT2D eigenvalue weighted by Crippen LogP contribution is 2.16. The molecule has 174 valence electrons. The summed E-state index contributed by atoms with van der Waals surface area (Å²) in [6.45, 7) is 11.3. The summed E-state index contributed by atoms with van der Waals surface area (Å²) in [5.41, 5.74) is 0. The molecule has 3 atom stereocenters. The predicted octanol–water partition coefficient (Wildman–Crippen LogP) is 5.50. The van der Waals surface area contributed by atoms with Gasteiger partial charge in [-0.15, -0.1) is 12.3 Å². The lowest BCUT2D eigenvalue weighted by Crippen LogP contribution is -2.58. The van der Waals surface area contributed by atoms with Gasteiger partial charge in [-0.1, -0.05) is 57.2 Å². The van der Waals surface area contributed by atoms with Gasteiger partial charge in [0.2, 0.25) is 11.8 Å². The van der Waals surface area contributed by atoms with Gasteiger partial charge in [-0.25, -0.2) is 8.78 Å². The third-order valence-corrected chi connectivity index (χ3v) is 3.98. The second kappa shape index (κ2) is 19.3. The van der Waals surface area contributed by atoms with Gasteiger partial charge in [-0.05, 0) is 45.4 Å². The van der Waals surface area contributed by atoms with Gasteiger partial charge in [-0.3, -0.25) is 9.59 Å². The molecule has 0 aromatic heterocycles. The van der Waals surface area contributed by atoms with Gasteiger partial charge in [-0.2, -0.15) is 0 Å². The molecule has 1 N–H and O–H groups in total. The van der Waals surface area contributed by atoms with Crippen LogP contribution >= 0.6 is 0 Å². The van der Waals surface area contributed by atoms with E-state index in [1.165, 1.54) is 19.1 Å². The number of nitrogens with one attached hydrogen (secondary N) is 1. The average molecular weight is 437 g/mol. The van der Waals surface area contributed by atoms with Crippen LogP contribution in [0.5, 0.6) is 0 Å². The second-order valence-corrected chi connectivity index (χ2v) is 7.25. The first-order valence-corrected chi connectivity index (χ1v) is 10.5. The van der Waals surface area contributed by atoms with Gasteiger partial charge < -0.3 is 10.2 Å². The van der Waals surface area contributed by atoms with Crippen molar-refractivity contribution in [3.05, 3.63) is 48.6 Å². The monoisotopic (exact) mass is 436 g/mol. The third-order valence-electron chi connectivity index (χ3n) is 3.98. The first-order valence-electron chi connectivity index (χ1n) is 10.5. The van der Waals surface area contributed by atoms with Crippen molar-refractivity contribution in [3.8, 4) is 12.3 Å².